The molecule has 0 fully saturated rings. The Bertz CT molecular complexity index is 582. The lowest BCUT2D eigenvalue weighted by Crippen LogP contribution is -2.04. The summed E-state index contributed by atoms with van der Waals surface area (Å²) in [6.07, 6.45) is 2.34. The Balaban J connectivity index is 2.33. The van der Waals surface area contributed by atoms with Gasteiger partial charge in [0, 0.05) is 17.9 Å². The van der Waals surface area contributed by atoms with Gasteiger partial charge in [0.1, 0.15) is 5.82 Å². The largest absolute Gasteiger partial charge is 0.374 e. The quantitative estimate of drug-likeness (QED) is 0.768. The van der Waals surface area contributed by atoms with Gasteiger partial charge in [-0.2, -0.15) is 0 Å². The minimum atomic E-state index is 0.0814. The highest BCUT2D eigenvalue weighted by Gasteiger charge is 2.15. The van der Waals surface area contributed by atoms with Gasteiger partial charge in [0.15, 0.2) is 0 Å². The number of benzene rings is 1. The van der Waals surface area contributed by atoms with Crippen LogP contribution >= 0.6 is 0 Å². The van der Waals surface area contributed by atoms with Crippen LogP contribution in [0.15, 0.2) is 18.2 Å². The standard InChI is InChI=1S/C18H26N2O/c1-6-7-10-21-15(5)16-9-8-12(2)11-17(16)18-19-13(3)14(4)20-18/h8-9,11,15H,6-7,10H2,1-5H3,(H,19,20)/t15-/m0/s1. The van der Waals surface area contributed by atoms with E-state index >= 15 is 0 Å². The maximum Gasteiger partial charge on any atom is 0.138 e. The number of hydrogen-bond donors (Lipinski definition) is 1. The van der Waals surface area contributed by atoms with Crippen molar-refractivity contribution in [2.45, 2.75) is 53.6 Å². The Morgan fingerprint density at radius 3 is 2.62 bits per heavy atom. The molecule has 1 aromatic carbocycles. The SMILES string of the molecule is CCCCO[C@@H](C)c1ccc(C)cc1-c1nc(C)c(C)[nH]1. The monoisotopic (exact) mass is 286 g/mol. The number of rotatable bonds is 6. The zero-order chi connectivity index (χ0) is 15.4. The van der Waals surface area contributed by atoms with Gasteiger partial charge < -0.3 is 9.72 Å². The van der Waals surface area contributed by atoms with Crippen LogP contribution in [0.4, 0.5) is 0 Å². The van der Waals surface area contributed by atoms with E-state index in [4.69, 9.17) is 4.74 Å². The van der Waals surface area contributed by atoms with E-state index in [9.17, 15) is 0 Å². The highest BCUT2D eigenvalue weighted by atomic mass is 16.5. The second kappa shape index (κ2) is 6.90. The molecule has 0 spiro atoms. The summed E-state index contributed by atoms with van der Waals surface area (Å²) in [6, 6.07) is 6.49. The van der Waals surface area contributed by atoms with E-state index in [1.165, 1.54) is 11.1 Å². The number of hydrogen-bond acceptors (Lipinski definition) is 2. The van der Waals surface area contributed by atoms with Gasteiger partial charge in [-0.3, -0.25) is 0 Å². The van der Waals surface area contributed by atoms with Gasteiger partial charge in [0.05, 0.1) is 11.8 Å². The third kappa shape index (κ3) is 3.73. The molecule has 0 saturated heterocycles. The fourth-order valence-electron chi connectivity index (χ4n) is 2.40. The summed E-state index contributed by atoms with van der Waals surface area (Å²) in [5, 5.41) is 0. The molecule has 3 heteroatoms. The number of ether oxygens (including phenoxy) is 1. The molecule has 0 aliphatic heterocycles. The summed E-state index contributed by atoms with van der Waals surface area (Å²) in [7, 11) is 0. The van der Waals surface area contributed by atoms with Gasteiger partial charge in [-0.25, -0.2) is 4.98 Å². The number of aryl methyl sites for hydroxylation is 3. The lowest BCUT2D eigenvalue weighted by atomic mass is 10.00. The molecule has 0 aliphatic rings. The Morgan fingerprint density at radius 1 is 1.24 bits per heavy atom. The maximum absolute atomic E-state index is 5.97. The molecule has 0 bridgehead atoms. The molecule has 0 aliphatic carbocycles. The predicted octanol–water partition coefficient (Wildman–Crippen LogP) is 4.88. The molecule has 1 aromatic heterocycles. The van der Waals surface area contributed by atoms with Crippen LogP contribution in [0, 0.1) is 20.8 Å². The summed E-state index contributed by atoms with van der Waals surface area (Å²) in [5.41, 5.74) is 5.76. The maximum atomic E-state index is 5.97. The summed E-state index contributed by atoms with van der Waals surface area (Å²) >= 11 is 0. The van der Waals surface area contributed by atoms with Gasteiger partial charge in [-0.15, -0.1) is 0 Å². The highest BCUT2D eigenvalue weighted by molar-refractivity contribution is 5.62. The van der Waals surface area contributed by atoms with Crippen LogP contribution in [0.1, 0.15) is 55.3 Å². The number of unbranched alkanes of at least 4 members (excludes halogenated alkanes) is 1. The molecule has 0 saturated carbocycles. The molecule has 2 rings (SSSR count). The normalized spacial score (nSPS) is 12.6. The third-order valence-electron chi connectivity index (χ3n) is 3.90. The van der Waals surface area contributed by atoms with E-state index in [-0.39, 0.29) is 6.10 Å². The first-order valence-electron chi connectivity index (χ1n) is 7.78. The number of nitrogens with zero attached hydrogens (tertiary/aromatic N) is 1. The Labute approximate surface area is 127 Å². The van der Waals surface area contributed by atoms with E-state index in [1.54, 1.807) is 0 Å². The lowest BCUT2D eigenvalue weighted by Gasteiger charge is -2.17. The number of H-pyrrole nitrogens is 1. The van der Waals surface area contributed by atoms with Gasteiger partial charge in [-0.05, 0) is 45.7 Å². The first-order chi connectivity index (χ1) is 10.0. The molecule has 2 aromatic rings. The highest BCUT2D eigenvalue weighted by Crippen LogP contribution is 2.30. The van der Waals surface area contributed by atoms with Crippen molar-refractivity contribution in [2.75, 3.05) is 6.61 Å². The van der Waals surface area contributed by atoms with Gasteiger partial charge in [0.25, 0.3) is 0 Å². The predicted molar refractivity (Wildman–Crippen MR) is 87.5 cm³/mol. The summed E-state index contributed by atoms with van der Waals surface area (Å²) in [4.78, 5) is 8.03. The van der Waals surface area contributed by atoms with Crippen LogP contribution in [0.5, 0.6) is 0 Å². The molecular weight excluding hydrogens is 260 g/mol. The number of aromatic amines is 1. The van der Waals surface area contributed by atoms with Crippen LogP contribution < -0.4 is 0 Å². The Kier molecular flexibility index (Phi) is 5.18. The third-order valence-corrected chi connectivity index (χ3v) is 3.90. The van der Waals surface area contributed by atoms with Gasteiger partial charge in [0.2, 0.25) is 0 Å². The van der Waals surface area contributed by atoms with Crippen LogP contribution in [0.25, 0.3) is 11.4 Å². The minimum absolute atomic E-state index is 0.0814. The first kappa shape index (κ1) is 15.8. The minimum Gasteiger partial charge on any atom is -0.374 e. The van der Waals surface area contributed by atoms with Gasteiger partial charge in [-0.1, -0.05) is 31.0 Å². The van der Waals surface area contributed by atoms with Crippen molar-refractivity contribution in [1.29, 1.82) is 0 Å². The van der Waals surface area contributed by atoms with Crippen molar-refractivity contribution in [3.05, 3.63) is 40.7 Å². The first-order valence-corrected chi connectivity index (χ1v) is 7.78. The van der Waals surface area contributed by atoms with Crippen molar-refractivity contribution in [3.8, 4) is 11.4 Å². The van der Waals surface area contributed by atoms with Crippen LogP contribution in [0.2, 0.25) is 0 Å². The van der Waals surface area contributed by atoms with Crippen molar-refractivity contribution in [1.82, 2.24) is 9.97 Å². The second-order valence-electron chi connectivity index (χ2n) is 5.75. The molecular formula is C18H26N2O. The van der Waals surface area contributed by atoms with Crippen LogP contribution in [-0.4, -0.2) is 16.6 Å². The summed E-state index contributed by atoms with van der Waals surface area (Å²) in [6.45, 7) is 11.3. The number of nitrogens with one attached hydrogen (secondary N) is 1. The molecule has 0 unspecified atom stereocenters. The van der Waals surface area contributed by atoms with Gasteiger partial charge >= 0.3 is 0 Å². The molecule has 114 valence electrons. The fourth-order valence-corrected chi connectivity index (χ4v) is 2.40. The molecule has 1 heterocycles. The summed E-state index contributed by atoms with van der Waals surface area (Å²) < 4.78 is 5.97. The zero-order valence-electron chi connectivity index (χ0n) is 13.8. The van der Waals surface area contributed by atoms with Crippen molar-refractivity contribution >= 4 is 0 Å². The van der Waals surface area contributed by atoms with E-state index in [0.29, 0.717) is 0 Å². The molecule has 21 heavy (non-hydrogen) atoms. The summed E-state index contributed by atoms with van der Waals surface area (Å²) in [5.74, 6) is 0.939. The average molecular weight is 286 g/mol. The number of imidazole rings is 1. The van der Waals surface area contributed by atoms with Crippen molar-refractivity contribution < 1.29 is 4.74 Å². The molecule has 0 amide bonds. The Morgan fingerprint density at radius 2 is 2.00 bits per heavy atom. The molecule has 1 atom stereocenters. The second-order valence-corrected chi connectivity index (χ2v) is 5.75. The van der Waals surface area contributed by atoms with Crippen molar-refractivity contribution in [3.63, 3.8) is 0 Å². The fraction of sp³-hybridized carbons (Fsp3) is 0.500. The topological polar surface area (TPSA) is 37.9 Å². The zero-order valence-corrected chi connectivity index (χ0v) is 13.8. The Hall–Kier alpha value is -1.61. The van der Waals surface area contributed by atoms with Crippen LogP contribution in [0.3, 0.4) is 0 Å². The lowest BCUT2D eigenvalue weighted by molar-refractivity contribution is 0.0640. The van der Waals surface area contributed by atoms with E-state index in [2.05, 4.69) is 55.9 Å². The van der Waals surface area contributed by atoms with Crippen LogP contribution in [-0.2, 0) is 4.74 Å². The van der Waals surface area contributed by atoms with E-state index < -0.39 is 0 Å². The van der Waals surface area contributed by atoms with Crippen molar-refractivity contribution in [2.24, 2.45) is 0 Å². The van der Waals surface area contributed by atoms with E-state index in [1.807, 2.05) is 6.92 Å². The molecule has 1 N–H and O–H groups in total. The molecule has 3 nitrogen and oxygen atoms in total. The van der Waals surface area contributed by atoms with E-state index in [0.717, 1.165) is 42.2 Å². The number of aromatic nitrogens is 2. The average Bonchev–Trinajstić information content (AvgIpc) is 2.78. The smallest absolute Gasteiger partial charge is 0.138 e. The molecule has 0 radical (unpaired) electrons.